The molecule has 0 aliphatic heterocycles. The van der Waals surface area contributed by atoms with Crippen LogP contribution in [0.2, 0.25) is 0 Å². The van der Waals surface area contributed by atoms with Gasteiger partial charge in [-0.05, 0) is 38.9 Å². The van der Waals surface area contributed by atoms with E-state index in [0.717, 1.165) is 12.1 Å². The van der Waals surface area contributed by atoms with Gasteiger partial charge < -0.3 is 5.73 Å². The maximum Gasteiger partial charge on any atom is 0.0485 e. The normalized spacial score (nSPS) is 15.1. The molecule has 0 aliphatic carbocycles. The van der Waals surface area contributed by atoms with Gasteiger partial charge in [0.15, 0.2) is 0 Å². The lowest BCUT2D eigenvalue weighted by Gasteiger charge is -2.32. The van der Waals surface area contributed by atoms with Gasteiger partial charge in [-0.15, -0.1) is 0 Å². The SMILES string of the molecule is CCC(C)N(C)C(CN)c1ccc(C)nc1. The molecule has 1 heterocycles. The summed E-state index contributed by atoms with van der Waals surface area (Å²) >= 11 is 0. The summed E-state index contributed by atoms with van der Waals surface area (Å²) in [5.41, 5.74) is 8.12. The van der Waals surface area contributed by atoms with Gasteiger partial charge in [-0.1, -0.05) is 13.0 Å². The van der Waals surface area contributed by atoms with Crippen molar-refractivity contribution in [3.05, 3.63) is 29.6 Å². The van der Waals surface area contributed by atoms with E-state index in [1.165, 1.54) is 5.56 Å². The molecule has 0 saturated heterocycles. The summed E-state index contributed by atoms with van der Waals surface area (Å²) < 4.78 is 0. The summed E-state index contributed by atoms with van der Waals surface area (Å²) in [6.45, 7) is 7.05. The molecule has 3 heteroatoms. The molecule has 2 atom stereocenters. The summed E-state index contributed by atoms with van der Waals surface area (Å²) in [7, 11) is 2.13. The molecular formula is C13H23N3. The van der Waals surface area contributed by atoms with Crippen LogP contribution in [-0.2, 0) is 0 Å². The molecule has 16 heavy (non-hydrogen) atoms. The van der Waals surface area contributed by atoms with Gasteiger partial charge in [-0.25, -0.2) is 0 Å². The van der Waals surface area contributed by atoms with Gasteiger partial charge in [0.2, 0.25) is 0 Å². The minimum Gasteiger partial charge on any atom is -0.329 e. The third-order valence-corrected chi connectivity index (χ3v) is 3.32. The van der Waals surface area contributed by atoms with Crippen molar-refractivity contribution in [1.29, 1.82) is 0 Å². The van der Waals surface area contributed by atoms with E-state index in [2.05, 4.69) is 36.8 Å². The first-order valence-electron chi connectivity index (χ1n) is 5.94. The number of aryl methyl sites for hydroxylation is 1. The van der Waals surface area contributed by atoms with Crippen molar-refractivity contribution in [2.45, 2.75) is 39.3 Å². The third kappa shape index (κ3) is 3.03. The van der Waals surface area contributed by atoms with Crippen molar-refractivity contribution in [2.75, 3.05) is 13.6 Å². The molecule has 2 N–H and O–H groups in total. The molecule has 0 saturated carbocycles. The molecule has 0 fully saturated rings. The van der Waals surface area contributed by atoms with Gasteiger partial charge in [0.05, 0.1) is 0 Å². The van der Waals surface area contributed by atoms with Crippen LogP contribution in [-0.4, -0.2) is 29.5 Å². The predicted octanol–water partition coefficient (Wildman–Crippen LogP) is 2.12. The van der Waals surface area contributed by atoms with Crippen molar-refractivity contribution < 1.29 is 0 Å². The number of likely N-dealkylation sites (N-methyl/N-ethyl adjacent to an activating group) is 1. The lowest BCUT2D eigenvalue weighted by Crippen LogP contribution is -2.36. The highest BCUT2D eigenvalue weighted by Gasteiger charge is 2.19. The van der Waals surface area contributed by atoms with E-state index in [-0.39, 0.29) is 6.04 Å². The van der Waals surface area contributed by atoms with Gasteiger partial charge >= 0.3 is 0 Å². The molecule has 0 amide bonds. The second kappa shape index (κ2) is 5.97. The fraction of sp³-hybridized carbons (Fsp3) is 0.615. The maximum atomic E-state index is 5.87. The van der Waals surface area contributed by atoms with Crippen molar-refractivity contribution in [3.63, 3.8) is 0 Å². The first-order valence-corrected chi connectivity index (χ1v) is 5.94. The topological polar surface area (TPSA) is 42.1 Å². The highest BCUT2D eigenvalue weighted by Crippen LogP contribution is 2.20. The van der Waals surface area contributed by atoms with Crippen LogP contribution in [0.15, 0.2) is 18.3 Å². The van der Waals surface area contributed by atoms with Crippen molar-refractivity contribution >= 4 is 0 Å². The number of nitrogens with two attached hydrogens (primary N) is 1. The zero-order valence-electron chi connectivity index (χ0n) is 10.8. The Morgan fingerprint density at radius 3 is 2.56 bits per heavy atom. The van der Waals surface area contributed by atoms with Crippen molar-refractivity contribution in [2.24, 2.45) is 5.73 Å². The second-order valence-corrected chi connectivity index (χ2v) is 4.41. The van der Waals surface area contributed by atoms with Gasteiger partial charge in [-0.3, -0.25) is 9.88 Å². The fourth-order valence-electron chi connectivity index (χ4n) is 1.81. The van der Waals surface area contributed by atoms with E-state index in [0.29, 0.717) is 12.6 Å². The summed E-state index contributed by atoms with van der Waals surface area (Å²) in [4.78, 5) is 6.66. The third-order valence-electron chi connectivity index (χ3n) is 3.32. The molecule has 0 aromatic carbocycles. The van der Waals surface area contributed by atoms with E-state index >= 15 is 0 Å². The van der Waals surface area contributed by atoms with Gasteiger partial charge in [0.25, 0.3) is 0 Å². The molecule has 1 aromatic heterocycles. The minimum absolute atomic E-state index is 0.267. The van der Waals surface area contributed by atoms with Crippen molar-refractivity contribution in [3.8, 4) is 0 Å². The molecule has 1 aromatic rings. The highest BCUT2D eigenvalue weighted by atomic mass is 15.2. The van der Waals surface area contributed by atoms with Crippen LogP contribution in [0.25, 0.3) is 0 Å². The quantitative estimate of drug-likeness (QED) is 0.828. The molecule has 3 nitrogen and oxygen atoms in total. The van der Waals surface area contributed by atoms with Gasteiger partial charge in [0.1, 0.15) is 0 Å². The monoisotopic (exact) mass is 221 g/mol. The molecular weight excluding hydrogens is 198 g/mol. The number of nitrogens with zero attached hydrogens (tertiary/aromatic N) is 2. The molecule has 0 bridgehead atoms. The van der Waals surface area contributed by atoms with E-state index in [4.69, 9.17) is 5.73 Å². The largest absolute Gasteiger partial charge is 0.329 e. The van der Waals surface area contributed by atoms with Crippen LogP contribution in [0.5, 0.6) is 0 Å². The Labute approximate surface area is 98.7 Å². The van der Waals surface area contributed by atoms with E-state index < -0.39 is 0 Å². The Bertz CT molecular complexity index is 307. The van der Waals surface area contributed by atoms with Gasteiger partial charge in [-0.2, -0.15) is 0 Å². The average Bonchev–Trinajstić information content (AvgIpc) is 2.31. The van der Waals surface area contributed by atoms with E-state index in [9.17, 15) is 0 Å². The molecule has 1 rings (SSSR count). The molecule has 0 radical (unpaired) electrons. The Kier molecular flexibility index (Phi) is 4.90. The smallest absolute Gasteiger partial charge is 0.0485 e. The average molecular weight is 221 g/mol. The molecule has 0 aliphatic rings. The Balaban J connectivity index is 2.85. The van der Waals surface area contributed by atoms with E-state index in [1.54, 1.807) is 0 Å². The standard InChI is InChI=1S/C13H23N3/c1-5-11(3)16(4)13(8-14)12-7-6-10(2)15-9-12/h6-7,9,11,13H,5,8,14H2,1-4H3. The summed E-state index contributed by atoms with van der Waals surface area (Å²) in [5.74, 6) is 0. The van der Waals surface area contributed by atoms with Crippen LogP contribution >= 0.6 is 0 Å². The Morgan fingerprint density at radius 2 is 2.12 bits per heavy atom. The zero-order chi connectivity index (χ0) is 12.1. The number of hydrogen-bond acceptors (Lipinski definition) is 3. The first-order chi connectivity index (χ1) is 7.60. The maximum absolute atomic E-state index is 5.87. The van der Waals surface area contributed by atoms with Crippen LogP contribution in [0.1, 0.15) is 37.6 Å². The van der Waals surface area contributed by atoms with Gasteiger partial charge in [0, 0.05) is 30.5 Å². The molecule has 0 spiro atoms. The summed E-state index contributed by atoms with van der Waals surface area (Å²) in [6, 6.07) is 4.97. The molecule has 2 unspecified atom stereocenters. The Morgan fingerprint density at radius 1 is 1.44 bits per heavy atom. The van der Waals surface area contributed by atoms with E-state index in [1.807, 2.05) is 19.2 Å². The van der Waals surface area contributed by atoms with Crippen LogP contribution in [0, 0.1) is 6.92 Å². The second-order valence-electron chi connectivity index (χ2n) is 4.41. The van der Waals surface area contributed by atoms with Crippen molar-refractivity contribution in [1.82, 2.24) is 9.88 Å². The zero-order valence-corrected chi connectivity index (χ0v) is 10.8. The molecule has 90 valence electrons. The van der Waals surface area contributed by atoms with Crippen LogP contribution in [0.4, 0.5) is 0 Å². The Hall–Kier alpha value is -0.930. The number of rotatable bonds is 5. The number of hydrogen-bond donors (Lipinski definition) is 1. The lowest BCUT2D eigenvalue weighted by molar-refractivity contribution is 0.184. The lowest BCUT2D eigenvalue weighted by atomic mass is 10.1. The summed E-state index contributed by atoms with van der Waals surface area (Å²) in [6.07, 6.45) is 3.07. The number of pyridine rings is 1. The van der Waals surface area contributed by atoms with Crippen LogP contribution < -0.4 is 5.73 Å². The summed E-state index contributed by atoms with van der Waals surface area (Å²) in [5, 5.41) is 0. The highest BCUT2D eigenvalue weighted by molar-refractivity contribution is 5.17. The fourth-order valence-corrected chi connectivity index (χ4v) is 1.81. The predicted molar refractivity (Wildman–Crippen MR) is 68.3 cm³/mol. The minimum atomic E-state index is 0.267. The first kappa shape index (κ1) is 13.1. The number of aromatic nitrogens is 1. The van der Waals surface area contributed by atoms with Crippen LogP contribution in [0.3, 0.4) is 0 Å².